The van der Waals surface area contributed by atoms with Gasteiger partial charge in [0, 0.05) is 18.3 Å². The molecular formula is C10H16N2. The van der Waals surface area contributed by atoms with Gasteiger partial charge in [-0.3, -0.25) is 4.98 Å². The first-order valence-electron chi connectivity index (χ1n) is 4.23. The summed E-state index contributed by atoms with van der Waals surface area (Å²) in [4.78, 5) is 4.22. The second kappa shape index (κ2) is 3.68. The Kier molecular flexibility index (Phi) is 2.82. The molecule has 0 spiro atoms. The third-order valence-electron chi connectivity index (χ3n) is 1.53. The highest BCUT2D eigenvalue weighted by Gasteiger charge is 2.07. The minimum atomic E-state index is 0.164. The molecule has 12 heavy (non-hydrogen) atoms. The minimum absolute atomic E-state index is 0.164. The lowest BCUT2D eigenvalue weighted by Gasteiger charge is -2.19. The maximum Gasteiger partial charge on any atom is 0.0541 e. The highest BCUT2D eigenvalue weighted by Crippen LogP contribution is 2.01. The summed E-state index contributed by atoms with van der Waals surface area (Å²) < 4.78 is 0. The molecule has 1 aromatic heterocycles. The van der Waals surface area contributed by atoms with E-state index in [1.54, 1.807) is 0 Å². The van der Waals surface area contributed by atoms with Gasteiger partial charge in [-0.1, -0.05) is 6.07 Å². The van der Waals surface area contributed by atoms with Crippen LogP contribution in [0.1, 0.15) is 26.5 Å². The van der Waals surface area contributed by atoms with Crippen molar-refractivity contribution in [3.63, 3.8) is 0 Å². The smallest absolute Gasteiger partial charge is 0.0541 e. The van der Waals surface area contributed by atoms with Crippen molar-refractivity contribution < 1.29 is 0 Å². The molecule has 0 atom stereocenters. The van der Waals surface area contributed by atoms with E-state index in [9.17, 15) is 0 Å². The lowest BCUT2D eigenvalue weighted by Crippen LogP contribution is -2.35. The van der Waals surface area contributed by atoms with Crippen molar-refractivity contribution in [2.24, 2.45) is 0 Å². The Morgan fingerprint density at radius 3 is 2.58 bits per heavy atom. The van der Waals surface area contributed by atoms with Gasteiger partial charge in [0.2, 0.25) is 0 Å². The van der Waals surface area contributed by atoms with E-state index in [1.165, 1.54) is 0 Å². The third kappa shape index (κ3) is 3.49. The Balaban J connectivity index is 2.44. The van der Waals surface area contributed by atoms with Crippen molar-refractivity contribution in [2.75, 3.05) is 0 Å². The quantitative estimate of drug-likeness (QED) is 0.723. The normalized spacial score (nSPS) is 11.6. The summed E-state index contributed by atoms with van der Waals surface area (Å²) in [6.45, 7) is 7.28. The summed E-state index contributed by atoms with van der Waals surface area (Å²) in [7, 11) is 0. The van der Waals surface area contributed by atoms with Gasteiger partial charge in [-0.15, -0.1) is 0 Å². The van der Waals surface area contributed by atoms with E-state index in [0.717, 1.165) is 12.2 Å². The topological polar surface area (TPSA) is 24.9 Å². The maximum atomic E-state index is 4.22. The van der Waals surface area contributed by atoms with E-state index in [4.69, 9.17) is 0 Å². The Morgan fingerprint density at radius 1 is 1.33 bits per heavy atom. The number of nitrogens with one attached hydrogen (secondary N) is 1. The fourth-order valence-corrected chi connectivity index (χ4v) is 0.858. The van der Waals surface area contributed by atoms with Crippen molar-refractivity contribution >= 4 is 0 Å². The van der Waals surface area contributed by atoms with Crippen molar-refractivity contribution in [1.29, 1.82) is 0 Å². The van der Waals surface area contributed by atoms with Gasteiger partial charge in [0.15, 0.2) is 0 Å². The summed E-state index contributed by atoms with van der Waals surface area (Å²) in [5, 5.41) is 3.38. The largest absolute Gasteiger partial charge is 0.306 e. The van der Waals surface area contributed by atoms with Crippen LogP contribution in [0.15, 0.2) is 24.4 Å². The first kappa shape index (κ1) is 9.20. The second-order valence-electron chi connectivity index (χ2n) is 3.92. The van der Waals surface area contributed by atoms with Crippen molar-refractivity contribution in [3.8, 4) is 0 Å². The molecule has 0 aromatic carbocycles. The third-order valence-corrected chi connectivity index (χ3v) is 1.53. The van der Waals surface area contributed by atoms with E-state index in [1.807, 2.05) is 24.4 Å². The van der Waals surface area contributed by atoms with Gasteiger partial charge in [0.25, 0.3) is 0 Å². The fourth-order valence-electron chi connectivity index (χ4n) is 0.858. The summed E-state index contributed by atoms with van der Waals surface area (Å²) >= 11 is 0. The van der Waals surface area contributed by atoms with Gasteiger partial charge >= 0.3 is 0 Å². The van der Waals surface area contributed by atoms with Gasteiger partial charge in [0.05, 0.1) is 5.69 Å². The molecule has 2 nitrogen and oxygen atoms in total. The van der Waals surface area contributed by atoms with Gasteiger partial charge in [-0.2, -0.15) is 0 Å². The number of rotatable bonds is 2. The number of hydrogen-bond acceptors (Lipinski definition) is 2. The van der Waals surface area contributed by atoms with Gasteiger partial charge < -0.3 is 5.32 Å². The van der Waals surface area contributed by atoms with Crippen molar-refractivity contribution in [1.82, 2.24) is 10.3 Å². The number of aromatic nitrogens is 1. The van der Waals surface area contributed by atoms with Gasteiger partial charge in [0.1, 0.15) is 0 Å². The summed E-state index contributed by atoms with van der Waals surface area (Å²) in [5.74, 6) is 0. The van der Waals surface area contributed by atoms with Crippen LogP contribution in [0.2, 0.25) is 0 Å². The molecule has 0 aliphatic rings. The lowest BCUT2D eigenvalue weighted by molar-refractivity contribution is 0.421. The monoisotopic (exact) mass is 164 g/mol. The standard InChI is InChI=1S/C10H16N2/c1-10(2,3)12-8-9-6-4-5-7-11-9/h4-7,12H,8H2,1-3H3. The van der Waals surface area contributed by atoms with Gasteiger partial charge in [-0.05, 0) is 32.9 Å². The van der Waals surface area contributed by atoms with E-state index in [2.05, 4.69) is 31.1 Å². The summed E-state index contributed by atoms with van der Waals surface area (Å²) in [6.07, 6.45) is 1.82. The zero-order valence-corrected chi connectivity index (χ0v) is 7.96. The second-order valence-corrected chi connectivity index (χ2v) is 3.92. The number of hydrogen-bond donors (Lipinski definition) is 1. The first-order chi connectivity index (χ1) is 5.58. The molecule has 66 valence electrons. The SMILES string of the molecule is CC(C)(C)NCc1ccccn1. The summed E-state index contributed by atoms with van der Waals surface area (Å²) in [5.41, 5.74) is 1.25. The molecular weight excluding hydrogens is 148 g/mol. The first-order valence-corrected chi connectivity index (χ1v) is 4.23. The molecule has 2 heteroatoms. The number of pyridine rings is 1. The Morgan fingerprint density at radius 2 is 2.08 bits per heavy atom. The predicted molar refractivity (Wildman–Crippen MR) is 50.8 cm³/mol. The Bertz CT molecular complexity index is 223. The van der Waals surface area contributed by atoms with Crippen LogP contribution in [0, 0.1) is 0 Å². The van der Waals surface area contributed by atoms with Crippen LogP contribution in [-0.2, 0) is 6.54 Å². The molecule has 1 heterocycles. The van der Waals surface area contributed by atoms with E-state index < -0.39 is 0 Å². The van der Waals surface area contributed by atoms with Crippen molar-refractivity contribution in [3.05, 3.63) is 30.1 Å². The fraction of sp³-hybridized carbons (Fsp3) is 0.500. The van der Waals surface area contributed by atoms with Crippen LogP contribution in [-0.4, -0.2) is 10.5 Å². The van der Waals surface area contributed by atoms with Gasteiger partial charge in [-0.25, -0.2) is 0 Å². The molecule has 0 amide bonds. The highest BCUT2D eigenvalue weighted by molar-refractivity contribution is 5.03. The Hall–Kier alpha value is -0.890. The van der Waals surface area contributed by atoms with Crippen LogP contribution >= 0.6 is 0 Å². The molecule has 1 aromatic rings. The average Bonchev–Trinajstić information content (AvgIpc) is 2.02. The Labute approximate surface area is 74.0 Å². The van der Waals surface area contributed by atoms with Crippen molar-refractivity contribution in [2.45, 2.75) is 32.9 Å². The molecule has 0 saturated heterocycles. The zero-order valence-electron chi connectivity index (χ0n) is 7.96. The molecule has 1 rings (SSSR count). The zero-order chi connectivity index (χ0) is 9.03. The average molecular weight is 164 g/mol. The molecule has 0 fully saturated rings. The molecule has 0 aliphatic heterocycles. The van der Waals surface area contributed by atoms with Crippen LogP contribution in [0.25, 0.3) is 0 Å². The lowest BCUT2D eigenvalue weighted by atomic mass is 10.1. The highest BCUT2D eigenvalue weighted by atomic mass is 15.0. The minimum Gasteiger partial charge on any atom is -0.306 e. The maximum absolute atomic E-state index is 4.22. The molecule has 0 radical (unpaired) electrons. The number of nitrogens with zero attached hydrogens (tertiary/aromatic N) is 1. The van der Waals surface area contributed by atoms with E-state index in [0.29, 0.717) is 0 Å². The summed E-state index contributed by atoms with van der Waals surface area (Å²) in [6, 6.07) is 5.96. The van der Waals surface area contributed by atoms with Crippen LogP contribution in [0.4, 0.5) is 0 Å². The van der Waals surface area contributed by atoms with Crippen LogP contribution < -0.4 is 5.32 Å². The van der Waals surface area contributed by atoms with E-state index in [-0.39, 0.29) is 5.54 Å². The molecule has 0 saturated carbocycles. The predicted octanol–water partition coefficient (Wildman–Crippen LogP) is 1.97. The van der Waals surface area contributed by atoms with Crippen LogP contribution in [0.5, 0.6) is 0 Å². The molecule has 0 bridgehead atoms. The van der Waals surface area contributed by atoms with E-state index >= 15 is 0 Å². The molecule has 1 N–H and O–H groups in total. The molecule has 0 aliphatic carbocycles. The van der Waals surface area contributed by atoms with Crippen LogP contribution in [0.3, 0.4) is 0 Å². The molecule has 0 unspecified atom stereocenters.